The summed E-state index contributed by atoms with van der Waals surface area (Å²) >= 11 is 0. The van der Waals surface area contributed by atoms with Crippen molar-refractivity contribution in [2.75, 3.05) is 33.9 Å². The van der Waals surface area contributed by atoms with Crippen molar-refractivity contribution in [1.29, 1.82) is 0 Å². The molecule has 6 heteroatoms. The Kier molecular flexibility index (Phi) is 7.13. The van der Waals surface area contributed by atoms with Crippen molar-refractivity contribution in [2.45, 2.75) is 6.42 Å². The van der Waals surface area contributed by atoms with Crippen molar-refractivity contribution < 1.29 is 19.1 Å². The lowest BCUT2D eigenvalue weighted by Gasteiger charge is -2.08. The van der Waals surface area contributed by atoms with E-state index in [0.29, 0.717) is 37.4 Å². The van der Waals surface area contributed by atoms with Gasteiger partial charge < -0.3 is 20.1 Å². The van der Waals surface area contributed by atoms with Gasteiger partial charge in [0.15, 0.2) is 0 Å². The van der Waals surface area contributed by atoms with Gasteiger partial charge in [-0.2, -0.15) is 0 Å². The number of rotatable bonds is 8. The van der Waals surface area contributed by atoms with Crippen LogP contribution in [-0.2, 0) is 9.53 Å². The summed E-state index contributed by atoms with van der Waals surface area (Å²) in [5, 5.41) is 5.41. The number of hydrogen-bond donors (Lipinski definition) is 2. The Morgan fingerprint density at radius 1 is 1.15 bits per heavy atom. The summed E-state index contributed by atoms with van der Waals surface area (Å²) in [6, 6.07) is 6.88. The van der Waals surface area contributed by atoms with Gasteiger partial charge in [-0.05, 0) is 18.2 Å². The summed E-state index contributed by atoms with van der Waals surface area (Å²) in [5.41, 5.74) is 0.523. The number of carbonyl (C=O) groups excluding carboxylic acids is 2. The molecule has 0 aromatic heterocycles. The van der Waals surface area contributed by atoms with Gasteiger partial charge in [0, 0.05) is 32.2 Å². The van der Waals surface area contributed by atoms with Crippen LogP contribution in [0, 0.1) is 0 Å². The lowest BCUT2D eigenvalue weighted by molar-refractivity contribution is -0.121. The summed E-state index contributed by atoms with van der Waals surface area (Å²) in [5.74, 6) is 0.336. The van der Waals surface area contributed by atoms with E-state index in [1.165, 1.54) is 0 Å². The van der Waals surface area contributed by atoms with Gasteiger partial charge in [0.1, 0.15) is 5.75 Å². The molecule has 0 atom stereocenters. The molecule has 6 nitrogen and oxygen atoms in total. The van der Waals surface area contributed by atoms with E-state index in [-0.39, 0.29) is 11.8 Å². The molecule has 0 aliphatic heterocycles. The van der Waals surface area contributed by atoms with Gasteiger partial charge in [0.25, 0.3) is 5.91 Å². The van der Waals surface area contributed by atoms with Gasteiger partial charge in [-0.1, -0.05) is 6.07 Å². The van der Waals surface area contributed by atoms with Crippen LogP contribution in [0.1, 0.15) is 16.8 Å². The SMILES string of the molecule is COCCC(=O)NCCNC(=O)c1cccc(OC)c1. The highest BCUT2D eigenvalue weighted by molar-refractivity contribution is 5.94. The Morgan fingerprint density at radius 2 is 1.90 bits per heavy atom. The fourth-order valence-electron chi connectivity index (χ4n) is 1.53. The Morgan fingerprint density at radius 3 is 2.60 bits per heavy atom. The summed E-state index contributed by atoms with van der Waals surface area (Å²) in [4.78, 5) is 23.1. The van der Waals surface area contributed by atoms with Crippen molar-refractivity contribution in [1.82, 2.24) is 10.6 Å². The lowest BCUT2D eigenvalue weighted by Crippen LogP contribution is -2.34. The van der Waals surface area contributed by atoms with Gasteiger partial charge in [0.05, 0.1) is 13.7 Å². The molecule has 1 aromatic carbocycles. The van der Waals surface area contributed by atoms with E-state index in [0.717, 1.165) is 0 Å². The third kappa shape index (κ3) is 5.71. The largest absolute Gasteiger partial charge is 0.497 e. The summed E-state index contributed by atoms with van der Waals surface area (Å²) in [6.07, 6.45) is 0.320. The Bertz CT molecular complexity index is 449. The molecule has 0 radical (unpaired) electrons. The molecule has 0 spiro atoms. The second-order valence-corrected chi connectivity index (χ2v) is 4.08. The van der Waals surface area contributed by atoms with Crippen LogP contribution in [-0.4, -0.2) is 45.7 Å². The first-order chi connectivity index (χ1) is 9.67. The standard InChI is InChI=1S/C14H20N2O4/c1-19-9-6-13(17)15-7-8-16-14(18)11-4-3-5-12(10-11)20-2/h3-5,10H,6-9H2,1-2H3,(H,15,17)(H,16,18). The molecule has 2 amide bonds. The number of carbonyl (C=O) groups is 2. The highest BCUT2D eigenvalue weighted by atomic mass is 16.5. The van der Waals surface area contributed by atoms with Gasteiger partial charge in [0.2, 0.25) is 5.91 Å². The summed E-state index contributed by atoms with van der Waals surface area (Å²) in [6.45, 7) is 1.15. The molecule has 1 aromatic rings. The Balaban J connectivity index is 2.27. The second-order valence-electron chi connectivity index (χ2n) is 4.08. The van der Waals surface area contributed by atoms with Crippen molar-refractivity contribution >= 4 is 11.8 Å². The van der Waals surface area contributed by atoms with Crippen LogP contribution in [0.25, 0.3) is 0 Å². The summed E-state index contributed by atoms with van der Waals surface area (Å²) < 4.78 is 9.85. The van der Waals surface area contributed by atoms with E-state index in [2.05, 4.69) is 10.6 Å². The molecule has 0 saturated carbocycles. The minimum Gasteiger partial charge on any atom is -0.497 e. The average Bonchev–Trinajstić information content (AvgIpc) is 2.49. The van der Waals surface area contributed by atoms with E-state index < -0.39 is 0 Å². The minimum atomic E-state index is -0.199. The second kappa shape index (κ2) is 8.92. The summed E-state index contributed by atoms with van der Waals surface area (Å²) in [7, 11) is 3.09. The quantitative estimate of drug-likeness (QED) is 0.683. The smallest absolute Gasteiger partial charge is 0.251 e. The van der Waals surface area contributed by atoms with Gasteiger partial charge in [-0.3, -0.25) is 9.59 Å². The van der Waals surface area contributed by atoms with Crippen LogP contribution in [0.5, 0.6) is 5.75 Å². The van der Waals surface area contributed by atoms with Gasteiger partial charge >= 0.3 is 0 Å². The molecular formula is C14H20N2O4. The molecule has 0 saturated heterocycles. The molecule has 1 rings (SSSR count). The molecule has 0 aliphatic rings. The van der Waals surface area contributed by atoms with E-state index in [1.807, 2.05) is 0 Å². The van der Waals surface area contributed by atoms with Crippen molar-refractivity contribution in [2.24, 2.45) is 0 Å². The maximum Gasteiger partial charge on any atom is 0.251 e. The van der Waals surface area contributed by atoms with Crippen LogP contribution >= 0.6 is 0 Å². The predicted octanol–water partition coefficient (Wildman–Crippen LogP) is 0.578. The monoisotopic (exact) mass is 280 g/mol. The first-order valence-electron chi connectivity index (χ1n) is 6.35. The first kappa shape index (κ1) is 16.0. The molecule has 110 valence electrons. The Hall–Kier alpha value is -2.08. The van der Waals surface area contributed by atoms with Crippen molar-refractivity contribution in [3.05, 3.63) is 29.8 Å². The molecule has 0 aliphatic carbocycles. The average molecular weight is 280 g/mol. The maximum atomic E-state index is 11.8. The molecular weight excluding hydrogens is 260 g/mol. The molecule has 0 bridgehead atoms. The van der Waals surface area contributed by atoms with Crippen LogP contribution in [0.2, 0.25) is 0 Å². The van der Waals surface area contributed by atoms with E-state index in [4.69, 9.17) is 9.47 Å². The van der Waals surface area contributed by atoms with Crippen LogP contribution in [0.15, 0.2) is 24.3 Å². The van der Waals surface area contributed by atoms with Crippen LogP contribution < -0.4 is 15.4 Å². The highest BCUT2D eigenvalue weighted by Crippen LogP contribution is 2.11. The topological polar surface area (TPSA) is 76.7 Å². The van der Waals surface area contributed by atoms with Gasteiger partial charge in [-0.25, -0.2) is 0 Å². The molecule has 0 fully saturated rings. The third-order valence-electron chi connectivity index (χ3n) is 2.60. The number of amides is 2. The van der Waals surface area contributed by atoms with Crippen LogP contribution in [0.4, 0.5) is 0 Å². The third-order valence-corrected chi connectivity index (χ3v) is 2.60. The maximum absolute atomic E-state index is 11.8. The van der Waals surface area contributed by atoms with Crippen molar-refractivity contribution in [3.63, 3.8) is 0 Å². The first-order valence-corrected chi connectivity index (χ1v) is 6.35. The Labute approximate surface area is 118 Å². The van der Waals surface area contributed by atoms with Gasteiger partial charge in [-0.15, -0.1) is 0 Å². The van der Waals surface area contributed by atoms with Crippen LogP contribution in [0.3, 0.4) is 0 Å². The molecule has 20 heavy (non-hydrogen) atoms. The minimum absolute atomic E-state index is 0.0949. The normalized spacial score (nSPS) is 9.90. The number of ether oxygens (including phenoxy) is 2. The number of hydrogen-bond acceptors (Lipinski definition) is 4. The number of benzene rings is 1. The lowest BCUT2D eigenvalue weighted by atomic mass is 10.2. The zero-order valence-electron chi connectivity index (χ0n) is 11.8. The number of methoxy groups -OCH3 is 2. The van der Waals surface area contributed by atoms with E-state index >= 15 is 0 Å². The predicted molar refractivity (Wildman–Crippen MR) is 74.8 cm³/mol. The molecule has 0 heterocycles. The zero-order chi connectivity index (χ0) is 14.8. The fraction of sp³-hybridized carbons (Fsp3) is 0.429. The molecule has 2 N–H and O–H groups in total. The molecule has 0 unspecified atom stereocenters. The van der Waals surface area contributed by atoms with Crippen molar-refractivity contribution in [3.8, 4) is 5.75 Å². The number of nitrogens with one attached hydrogen (secondary N) is 2. The van der Waals surface area contributed by atoms with E-state index in [9.17, 15) is 9.59 Å². The zero-order valence-corrected chi connectivity index (χ0v) is 11.8. The van der Waals surface area contributed by atoms with E-state index in [1.54, 1.807) is 38.5 Å². The highest BCUT2D eigenvalue weighted by Gasteiger charge is 2.06. The fourth-order valence-corrected chi connectivity index (χ4v) is 1.53.